The number of nitrogens with one attached hydrogen (secondary N) is 1. The van der Waals surface area contributed by atoms with Gasteiger partial charge in [0.1, 0.15) is 16.6 Å². The van der Waals surface area contributed by atoms with Gasteiger partial charge in [-0.05, 0) is 42.8 Å². The molecule has 0 unspecified atom stereocenters. The first-order chi connectivity index (χ1) is 11.5. The third-order valence-corrected chi connectivity index (χ3v) is 4.78. The topological polar surface area (TPSA) is 64.1 Å². The third-order valence-electron chi connectivity index (χ3n) is 3.99. The Morgan fingerprint density at radius 1 is 1.25 bits per heavy atom. The second kappa shape index (κ2) is 6.84. The lowest BCUT2D eigenvalue weighted by Crippen LogP contribution is -2.40. The molecular weight excluding hydrogens is 346 g/mol. The van der Waals surface area contributed by atoms with Gasteiger partial charge < -0.3 is 10.1 Å². The van der Waals surface area contributed by atoms with E-state index in [2.05, 4.69) is 14.1 Å². The van der Waals surface area contributed by atoms with E-state index in [0.717, 1.165) is 28.3 Å². The largest absolute Gasteiger partial charge is 0.372 e. The number of hydrogen-bond donors (Lipinski definition) is 1. The van der Waals surface area contributed by atoms with Crippen LogP contribution in [0.15, 0.2) is 42.5 Å². The number of benzene rings is 2. The zero-order valence-corrected chi connectivity index (χ0v) is 14.8. The normalized spacial score (nSPS) is 13.6. The molecule has 0 aliphatic heterocycles. The minimum atomic E-state index is -0.674. The molecule has 0 saturated heterocycles. The molecular formula is C17H16ClN3O2S. The fourth-order valence-electron chi connectivity index (χ4n) is 2.38. The average Bonchev–Trinajstić information content (AvgIpc) is 3.07. The summed E-state index contributed by atoms with van der Waals surface area (Å²) in [5.74, 6) is -0.185. The van der Waals surface area contributed by atoms with Gasteiger partial charge in [0.05, 0.1) is 18.3 Å². The Morgan fingerprint density at radius 3 is 2.79 bits per heavy atom. The molecule has 1 aromatic heterocycles. The van der Waals surface area contributed by atoms with E-state index in [-0.39, 0.29) is 5.91 Å². The fourth-order valence-corrected chi connectivity index (χ4v) is 3.09. The molecule has 24 heavy (non-hydrogen) atoms. The van der Waals surface area contributed by atoms with Crippen molar-refractivity contribution in [2.24, 2.45) is 0 Å². The zero-order valence-electron chi connectivity index (χ0n) is 13.2. The summed E-state index contributed by atoms with van der Waals surface area (Å²) in [5.41, 5.74) is 2.28. The van der Waals surface area contributed by atoms with Gasteiger partial charge in [0.2, 0.25) is 0 Å². The standard InChI is InChI=1S/C17H16ClN3O2S/c1-17(23-2,12-4-3-5-13(18)9-12)10-19-16(22)11-6-7-14-15(8-11)21-24-20-14/h3-9H,10H2,1-2H3,(H,19,22)/t17-/m1/s1. The van der Waals surface area contributed by atoms with Gasteiger partial charge in [-0.15, -0.1) is 0 Å². The lowest BCUT2D eigenvalue weighted by atomic mass is 9.95. The number of carbonyl (C=O) groups is 1. The van der Waals surface area contributed by atoms with Crippen LogP contribution in [0.4, 0.5) is 0 Å². The maximum atomic E-state index is 12.4. The number of halogens is 1. The maximum Gasteiger partial charge on any atom is 0.251 e. The van der Waals surface area contributed by atoms with Crippen LogP contribution in [0.2, 0.25) is 5.02 Å². The number of carbonyl (C=O) groups excluding carboxylic acids is 1. The van der Waals surface area contributed by atoms with E-state index in [4.69, 9.17) is 16.3 Å². The first-order valence-corrected chi connectivity index (χ1v) is 8.44. The number of rotatable bonds is 5. The number of nitrogens with zero attached hydrogens (tertiary/aromatic N) is 2. The van der Waals surface area contributed by atoms with Crippen LogP contribution in [-0.4, -0.2) is 28.3 Å². The van der Waals surface area contributed by atoms with Crippen LogP contribution in [0.3, 0.4) is 0 Å². The van der Waals surface area contributed by atoms with Crippen molar-refractivity contribution in [2.75, 3.05) is 13.7 Å². The highest BCUT2D eigenvalue weighted by atomic mass is 35.5. The molecule has 0 fully saturated rings. The Kier molecular flexibility index (Phi) is 4.80. The van der Waals surface area contributed by atoms with Crippen LogP contribution in [0.1, 0.15) is 22.8 Å². The van der Waals surface area contributed by atoms with E-state index in [1.807, 2.05) is 25.1 Å². The highest BCUT2D eigenvalue weighted by molar-refractivity contribution is 7.00. The van der Waals surface area contributed by atoms with Crippen LogP contribution in [0.25, 0.3) is 11.0 Å². The summed E-state index contributed by atoms with van der Waals surface area (Å²) in [6.45, 7) is 2.22. The van der Waals surface area contributed by atoms with Crippen molar-refractivity contribution in [1.29, 1.82) is 0 Å². The molecule has 0 aliphatic rings. The molecule has 0 spiro atoms. The molecule has 7 heteroatoms. The average molecular weight is 362 g/mol. The first-order valence-electron chi connectivity index (χ1n) is 7.33. The quantitative estimate of drug-likeness (QED) is 0.753. The van der Waals surface area contributed by atoms with Crippen molar-refractivity contribution < 1.29 is 9.53 Å². The van der Waals surface area contributed by atoms with Crippen molar-refractivity contribution in [3.8, 4) is 0 Å². The van der Waals surface area contributed by atoms with Crippen LogP contribution >= 0.6 is 23.3 Å². The molecule has 0 saturated carbocycles. The predicted octanol–water partition coefficient (Wildman–Crippen LogP) is 3.64. The second-order valence-corrected chi connectivity index (χ2v) is 6.56. The Morgan fingerprint density at radius 2 is 2.04 bits per heavy atom. The number of hydrogen-bond acceptors (Lipinski definition) is 5. The van der Waals surface area contributed by atoms with Crippen molar-refractivity contribution in [3.63, 3.8) is 0 Å². The van der Waals surface area contributed by atoms with E-state index in [0.29, 0.717) is 17.1 Å². The Hall–Kier alpha value is -2.02. The van der Waals surface area contributed by atoms with Gasteiger partial charge in [-0.2, -0.15) is 8.75 Å². The SMILES string of the molecule is CO[C@](C)(CNC(=O)c1ccc2nsnc2c1)c1cccc(Cl)c1. The summed E-state index contributed by atoms with van der Waals surface area (Å²) in [7, 11) is 1.61. The van der Waals surface area contributed by atoms with Gasteiger partial charge in [-0.3, -0.25) is 4.79 Å². The summed E-state index contributed by atoms with van der Waals surface area (Å²) in [6, 6.07) is 12.7. The van der Waals surface area contributed by atoms with Crippen molar-refractivity contribution >= 4 is 40.3 Å². The smallest absolute Gasteiger partial charge is 0.251 e. The highest BCUT2D eigenvalue weighted by Gasteiger charge is 2.27. The lowest BCUT2D eigenvalue weighted by molar-refractivity contribution is 0.00315. The Labute approximate surface area is 148 Å². The molecule has 1 amide bonds. The van der Waals surface area contributed by atoms with Gasteiger partial charge in [0.25, 0.3) is 5.91 Å². The monoisotopic (exact) mass is 361 g/mol. The molecule has 124 valence electrons. The zero-order chi connectivity index (χ0) is 17.2. The Balaban J connectivity index is 1.76. The van der Waals surface area contributed by atoms with E-state index in [9.17, 15) is 4.79 Å². The molecule has 1 heterocycles. The van der Waals surface area contributed by atoms with Gasteiger partial charge in [0, 0.05) is 17.7 Å². The molecule has 0 aliphatic carbocycles. The summed E-state index contributed by atoms with van der Waals surface area (Å²) in [5, 5.41) is 3.54. The molecule has 0 bridgehead atoms. The fraction of sp³-hybridized carbons (Fsp3) is 0.235. The summed E-state index contributed by atoms with van der Waals surface area (Å²) >= 11 is 7.19. The van der Waals surface area contributed by atoms with Crippen LogP contribution in [0, 0.1) is 0 Å². The maximum absolute atomic E-state index is 12.4. The molecule has 5 nitrogen and oxygen atoms in total. The van der Waals surface area contributed by atoms with E-state index < -0.39 is 5.60 Å². The predicted molar refractivity (Wildman–Crippen MR) is 95.6 cm³/mol. The van der Waals surface area contributed by atoms with E-state index in [1.165, 1.54) is 0 Å². The Bertz CT molecular complexity index is 883. The number of methoxy groups -OCH3 is 1. The van der Waals surface area contributed by atoms with Crippen LogP contribution < -0.4 is 5.32 Å². The molecule has 0 radical (unpaired) electrons. The van der Waals surface area contributed by atoms with Crippen molar-refractivity contribution in [2.45, 2.75) is 12.5 Å². The summed E-state index contributed by atoms with van der Waals surface area (Å²) in [6.07, 6.45) is 0. The number of fused-ring (bicyclic) bond motifs is 1. The van der Waals surface area contributed by atoms with E-state index in [1.54, 1.807) is 31.4 Å². The minimum Gasteiger partial charge on any atom is -0.372 e. The second-order valence-electron chi connectivity index (χ2n) is 5.60. The number of aromatic nitrogens is 2. The minimum absolute atomic E-state index is 0.185. The van der Waals surface area contributed by atoms with Gasteiger partial charge in [-0.25, -0.2) is 0 Å². The molecule has 2 aromatic carbocycles. The van der Waals surface area contributed by atoms with Gasteiger partial charge >= 0.3 is 0 Å². The van der Waals surface area contributed by atoms with E-state index >= 15 is 0 Å². The lowest BCUT2D eigenvalue weighted by Gasteiger charge is -2.29. The van der Waals surface area contributed by atoms with Crippen LogP contribution in [0.5, 0.6) is 0 Å². The molecule has 3 rings (SSSR count). The van der Waals surface area contributed by atoms with Gasteiger partial charge in [-0.1, -0.05) is 23.7 Å². The molecule has 1 atom stereocenters. The summed E-state index contributed by atoms with van der Waals surface area (Å²) < 4.78 is 13.9. The number of amides is 1. The molecule has 3 aromatic rings. The highest BCUT2D eigenvalue weighted by Crippen LogP contribution is 2.26. The summed E-state index contributed by atoms with van der Waals surface area (Å²) in [4.78, 5) is 12.4. The first kappa shape index (κ1) is 16.8. The van der Waals surface area contributed by atoms with Crippen molar-refractivity contribution in [3.05, 3.63) is 58.6 Å². The third kappa shape index (κ3) is 3.40. The van der Waals surface area contributed by atoms with Gasteiger partial charge in [0.15, 0.2) is 0 Å². The number of ether oxygens (including phenoxy) is 1. The molecule has 1 N–H and O–H groups in total. The van der Waals surface area contributed by atoms with Crippen molar-refractivity contribution in [1.82, 2.24) is 14.1 Å². The van der Waals surface area contributed by atoms with Crippen LogP contribution in [-0.2, 0) is 10.3 Å².